The van der Waals surface area contributed by atoms with Gasteiger partial charge in [0.15, 0.2) is 5.69 Å². The van der Waals surface area contributed by atoms with E-state index in [0.29, 0.717) is 43.3 Å². The second-order valence-corrected chi connectivity index (χ2v) is 8.84. The van der Waals surface area contributed by atoms with E-state index in [4.69, 9.17) is 39.9 Å². The second kappa shape index (κ2) is 9.89. The van der Waals surface area contributed by atoms with Gasteiger partial charge >= 0.3 is 5.97 Å². The Hall–Kier alpha value is -3.32. The van der Waals surface area contributed by atoms with Crippen LogP contribution in [-0.2, 0) is 11.2 Å². The average Bonchev–Trinajstić information content (AvgIpc) is 3.11. The number of halogens is 3. The molecular formula is C25H18Cl3N3O3. The molecule has 6 nitrogen and oxygen atoms in total. The van der Waals surface area contributed by atoms with Gasteiger partial charge in [-0.1, -0.05) is 59.1 Å². The minimum absolute atomic E-state index is 0.146. The van der Waals surface area contributed by atoms with Gasteiger partial charge in [-0.15, -0.1) is 0 Å². The summed E-state index contributed by atoms with van der Waals surface area (Å²) in [5, 5.41) is 17.9. The summed E-state index contributed by atoms with van der Waals surface area (Å²) in [6.07, 6.45) is -0.146. The van der Waals surface area contributed by atoms with Crippen molar-refractivity contribution in [2.75, 3.05) is 5.32 Å². The molecule has 0 saturated heterocycles. The van der Waals surface area contributed by atoms with E-state index in [1.54, 1.807) is 66.2 Å². The first-order valence-corrected chi connectivity index (χ1v) is 11.3. The fraction of sp³-hybridized carbons (Fsp3) is 0.0800. The summed E-state index contributed by atoms with van der Waals surface area (Å²) < 4.78 is 1.60. The highest BCUT2D eigenvalue weighted by Crippen LogP contribution is 2.33. The lowest BCUT2D eigenvalue weighted by Gasteiger charge is -2.11. The monoisotopic (exact) mass is 513 g/mol. The molecule has 0 aliphatic rings. The number of hydrogen-bond donors (Lipinski definition) is 2. The van der Waals surface area contributed by atoms with E-state index in [9.17, 15) is 9.59 Å². The van der Waals surface area contributed by atoms with E-state index >= 15 is 0 Å². The van der Waals surface area contributed by atoms with E-state index in [1.165, 1.54) is 0 Å². The number of nitrogens with one attached hydrogen (secondary N) is 1. The minimum Gasteiger partial charge on any atom is -0.481 e. The topological polar surface area (TPSA) is 84.2 Å². The van der Waals surface area contributed by atoms with Crippen LogP contribution in [0, 0.1) is 6.92 Å². The minimum atomic E-state index is -0.953. The SMILES string of the molecule is Cc1c(C(=O)Nc2cccc(CC(=O)O)c2)nn(-c2ccc(Cl)cc2Cl)c1-c1ccc(Cl)cc1. The number of anilines is 1. The third kappa shape index (κ3) is 5.09. The molecule has 0 radical (unpaired) electrons. The van der Waals surface area contributed by atoms with E-state index < -0.39 is 11.9 Å². The fourth-order valence-electron chi connectivity index (χ4n) is 3.61. The predicted molar refractivity (Wildman–Crippen MR) is 135 cm³/mol. The van der Waals surface area contributed by atoms with Crippen LogP contribution in [0.15, 0.2) is 66.7 Å². The smallest absolute Gasteiger partial charge is 0.307 e. The van der Waals surface area contributed by atoms with Crippen LogP contribution in [0.2, 0.25) is 15.1 Å². The first kappa shape index (κ1) is 23.8. The van der Waals surface area contributed by atoms with Crippen molar-refractivity contribution in [3.63, 3.8) is 0 Å². The van der Waals surface area contributed by atoms with Gasteiger partial charge in [0, 0.05) is 26.9 Å². The number of carboxylic acids is 1. The van der Waals surface area contributed by atoms with Crippen molar-refractivity contribution in [2.24, 2.45) is 0 Å². The molecule has 1 aromatic heterocycles. The van der Waals surface area contributed by atoms with Crippen molar-refractivity contribution < 1.29 is 14.7 Å². The van der Waals surface area contributed by atoms with Gasteiger partial charge in [0.2, 0.25) is 0 Å². The second-order valence-electron chi connectivity index (χ2n) is 7.56. The normalized spacial score (nSPS) is 10.8. The molecule has 2 N–H and O–H groups in total. The fourth-order valence-corrected chi connectivity index (χ4v) is 4.22. The summed E-state index contributed by atoms with van der Waals surface area (Å²) in [5.41, 5.74) is 3.89. The van der Waals surface area contributed by atoms with E-state index in [2.05, 4.69) is 10.4 Å². The van der Waals surface area contributed by atoms with Gasteiger partial charge in [-0.3, -0.25) is 9.59 Å². The van der Waals surface area contributed by atoms with Crippen LogP contribution in [0.4, 0.5) is 5.69 Å². The van der Waals surface area contributed by atoms with Crippen molar-refractivity contribution >= 4 is 52.4 Å². The first-order valence-electron chi connectivity index (χ1n) is 10.2. The van der Waals surface area contributed by atoms with Crippen LogP contribution in [0.3, 0.4) is 0 Å². The number of rotatable bonds is 6. The number of aromatic nitrogens is 2. The highest BCUT2D eigenvalue weighted by molar-refractivity contribution is 6.35. The van der Waals surface area contributed by atoms with Gasteiger partial charge in [-0.25, -0.2) is 4.68 Å². The summed E-state index contributed by atoms with van der Waals surface area (Å²) >= 11 is 18.6. The number of carboxylic acid groups (broad SMARTS) is 1. The Morgan fingerprint density at radius 1 is 0.971 bits per heavy atom. The van der Waals surface area contributed by atoms with Gasteiger partial charge in [0.1, 0.15) is 0 Å². The molecule has 4 aromatic rings. The van der Waals surface area contributed by atoms with Crippen LogP contribution in [-0.4, -0.2) is 26.8 Å². The number of amides is 1. The molecule has 0 aliphatic heterocycles. The maximum absolute atomic E-state index is 13.2. The summed E-state index contributed by atoms with van der Waals surface area (Å²) in [7, 11) is 0. The molecule has 34 heavy (non-hydrogen) atoms. The number of aliphatic carboxylic acids is 1. The van der Waals surface area contributed by atoms with Gasteiger partial charge in [0.25, 0.3) is 5.91 Å². The number of carbonyl (C=O) groups is 2. The number of nitrogens with zero attached hydrogens (tertiary/aromatic N) is 2. The Bertz CT molecular complexity index is 1400. The molecule has 1 amide bonds. The third-order valence-electron chi connectivity index (χ3n) is 5.13. The quantitative estimate of drug-likeness (QED) is 0.300. The van der Waals surface area contributed by atoms with E-state index in [0.717, 1.165) is 5.56 Å². The zero-order valence-electron chi connectivity index (χ0n) is 17.8. The molecular weight excluding hydrogens is 497 g/mol. The Morgan fingerprint density at radius 2 is 1.68 bits per heavy atom. The summed E-state index contributed by atoms with van der Waals surface area (Å²) in [5.74, 6) is -1.39. The molecule has 4 rings (SSSR count). The van der Waals surface area contributed by atoms with Crippen molar-refractivity contribution in [1.29, 1.82) is 0 Å². The average molecular weight is 515 g/mol. The molecule has 0 spiro atoms. The van der Waals surface area contributed by atoms with Gasteiger partial charge in [-0.05, 0) is 55.0 Å². The highest BCUT2D eigenvalue weighted by Gasteiger charge is 2.23. The molecule has 0 atom stereocenters. The van der Waals surface area contributed by atoms with E-state index in [-0.39, 0.29) is 12.1 Å². The predicted octanol–water partition coefficient (Wildman–Crippen LogP) is 6.69. The van der Waals surface area contributed by atoms with Gasteiger partial charge in [-0.2, -0.15) is 5.10 Å². The standard InChI is InChI=1S/C25H18Cl3N3O3/c1-14-23(25(34)29-19-4-2-3-15(11-19)12-22(32)33)30-31(21-10-9-18(27)13-20(21)28)24(14)16-5-7-17(26)8-6-16/h2-11,13H,12H2,1H3,(H,29,34)(H,32,33). The lowest BCUT2D eigenvalue weighted by molar-refractivity contribution is -0.136. The number of carbonyl (C=O) groups excluding carboxylic acids is 1. The van der Waals surface area contributed by atoms with Crippen LogP contribution >= 0.6 is 34.8 Å². The van der Waals surface area contributed by atoms with Crippen LogP contribution < -0.4 is 5.32 Å². The van der Waals surface area contributed by atoms with Crippen molar-refractivity contribution in [1.82, 2.24) is 9.78 Å². The Morgan fingerprint density at radius 3 is 2.35 bits per heavy atom. The third-order valence-corrected chi connectivity index (χ3v) is 5.92. The van der Waals surface area contributed by atoms with Crippen molar-refractivity contribution in [3.05, 3.63) is 98.6 Å². The molecule has 9 heteroatoms. The van der Waals surface area contributed by atoms with Crippen molar-refractivity contribution in [2.45, 2.75) is 13.3 Å². The largest absolute Gasteiger partial charge is 0.481 e. The Balaban J connectivity index is 1.78. The molecule has 0 bridgehead atoms. The van der Waals surface area contributed by atoms with Crippen LogP contribution in [0.25, 0.3) is 16.9 Å². The molecule has 172 valence electrons. The number of hydrogen-bond acceptors (Lipinski definition) is 3. The zero-order chi connectivity index (χ0) is 24.4. The van der Waals surface area contributed by atoms with Crippen molar-refractivity contribution in [3.8, 4) is 16.9 Å². The van der Waals surface area contributed by atoms with Gasteiger partial charge < -0.3 is 10.4 Å². The zero-order valence-corrected chi connectivity index (χ0v) is 20.1. The lowest BCUT2D eigenvalue weighted by Crippen LogP contribution is -2.14. The molecule has 3 aromatic carbocycles. The molecule has 0 unspecified atom stereocenters. The number of benzene rings is 3. The Labute approximate surface area is 210 Å². The molecule has 0 fully saturated rings. The summed E-state index contributed by atoms with van der Waals surface area (Å²) in [4.78, 5) is 24.2. The molecule has 0 saturated carbocycles. The Kier molecular flexibility index (Phi) is 6.93. The van der Waals surface area contributed by atoms with Gasteiger partial charge in [0.05, 0.1) is 22.8 Å². The molecule has 0 aliphatic carbocycles. The first-order chi connectivity index (χ1) is 16.2. The van der Waals surface area contributed by atoms with Crippen LogP contribution in [0.1, 0.15) is 21.6 Å². The summed E-state index contributed by atoms with van der Waals surface area (Å²) in [6, 6.07) is 18.9. The van der Waals surface area contributed by atoms with E-state index in [1.807, 2.05) is 12.1 Å². The molecule has 1 heterocycles. The van der Waals surface area contributed by atoms with Crippen LogP contribution in [0.5, 0.6) is 0 Å². The summed E-state index contributed by atoms with van der Waals surface area (Å²) in [6.45, 7) is 1.80. The maximum Gasteiger partial charge on any atom is 0.307 e. The highest BCUT2D eigenvalue weighted by atomic mass is 35.5. The maximum atomic E-state index is 13.2. The lowest BCUT2D eigenvalue weighted by atomic mass is 10.1.